The van der Waals surface area contributed by atoms with Gasteiger partial charge in [-0.25, -0.2) is 24.9 Å². The summed E-state index contributed by atoms with van der Waals surface area (Å²) in [5.41, 5.74) is 16.8. The summed E-state index contributed by atoms with van der Waals surface area (Å²) in [5.74, 6) is 2.34. The first-order valence-corrected chi connectivity index (χ1v) is 24.6. The molecule has 14 rings (SSSR count). The number of hydrogen-bond acceptors (Lipinski definition) is 7. The predicted octanol–water partition coefficient (Wildman–Crippen LogP) is 17.5. The van der Waals surface area contributed by atoms with Crippen LogP contribution < -0.4 is 0 Å². The van der Waals surface area contributed by atoms with Crippen molar-refractivity contribution in [3.05, 3.63) is 249 Å². The van der Waals surface area contributed by atoms with E-state index in [1.807, 2.05) is 60.7 Å². The number of para-hydroxylation sites is 3. The topological polar surface area (TPSA) is 90.7 Å². The van der Waals surface area contributed by atoms with Gasteiger partial charge in [-0.05, 0) is 76.3 Å². The van der Waals surface area contributed by atoms with E-state index >= 15 is 0 Å². The molecule has 0 fully saturated rings. The van der Waals surface area contributed by atoms with Gasteiger partial charge in [0, 0.05) is 60.5 Å². The zero-order chi connectivity index (χ0) is 49.0. The Morgan fingerprint density at radius 2 is 0.635 bits per heavy atom. The molecule has 0 aliphatic carbocycles. The highest BCUT2D eigenvalue weighted by atomic mass is 16.3. The third-order valence-electron chi connectivity index (χ3n) is 13.8. The highest BCUT2D eigenvalue weighted by Gasteiger charge is 2.18. The normalized spacial score (nSPS) is 11.5. The highest BCUT2D eigenvalue weighted by Crippen LogP contribution is 2.39. The molecule has 0 saturated carbocycles. The molecule has 0 aliphatic heterocycles. The number of rotatable bonds is 9. The van der Waals surface area contributed by atoms with Crippen LogP contribution in [-0.4, -0.2) is 24.9 Å². The Bertz CT molecular complexity index is 4430. The SMILES string of the molecule is c1ccc(-c2cccc(-c3nc(-c4cccc(-c5cccc(-c6cc(-c7ccc(-c8cccc9c8oc8ccccc89)cc7)nc(-c7ccccc7)n6)c5)c4)nc(-c4ccc5c(c4)oc4ccccc45)n3)c2)cc1. The third-order valence-corrected chi connectivity index (χ3v) is 13.8. The minimum Gasteiger partial charge on any atom is -0.456 e. The number of nitrogens with zero attached hydrogens (tertiary/aromatic N) is 5. The third kappa shape index (κ3) is 7.86. The molecule has 14 aromatic rings. The average molecular weight is 948 g/mol. The first kappa shape index (κ1) is 42.7. The zero-order valence-corrected chi connectivity index (χ0v) is 39.7. The Morgan fingerprint density at radius 3 is 1.30 bits per heavy atom. The summed E-state index contributed by atoms with van der Waals surface area (Å²) in [6, 6.07) is 85.3. The van der Waals surface area contributed by atoms with Crippen molar-refractivity contribution in [2.45, 2.75) is 0 Å². The minimum absolute atomic E-state index is 0.553. The van der Waals surface area contributed by atoms with Crippen molar-refractivity contribution in [3.63, 3.8) is 0 Å². The second-order valence-electron chi connectivity index (χ2n) is 18.4. The van der Waals surface area contributed by atoms with Gasteiger partial charge in [-0.1, -0.05) is 200 Å². The molecule has 0 amide bonds. The fourth-order valence-corrected chi connectivity index (χ4v) is 10.0. The molecule has 7 heteroatoms. The summed E-state index contributed by atoms with van der Waals surface area (Å²) in [4.78, 5) is 25.8. The van der Waals surface area contributed by atoms with Gasteiger partial charge < -0.3 is 8.83 Å². The summed E-state index contributed by atoms with van der Waals surface area (Å²) >= 11 is 0. The van der Waals surface area contributed by atoms with E-state index in [2.05, 4.69) is 188 Å². The van der Waals surface area contributed by atoms with Gasteiger partial charge in [-0.2, -0.15) is 0 Å². The molecule has 0 saturated heterocycles. The molecule has 4 heterocycles. The van der Waals surface area contributed by atoms with Crippen LogP contribution in [0, 0.1) is 0 Å². The van der Waals surface area contributed by atoms with E-state index in [0.717, 1.165) is 122 Å². The van der Waals surface area contributed by atoms with Crippen molar-refractivity contribution in [1.29, 1.82) is 0 Å². The molecular weight excluding hydrogens is 907 g/mol. The lowest BCUT2D eigenvalue weighted by Crippen LogP contribution is -2.00. The molecule has 74 heavy (non-hydrogen) atoms. The van der Waals surface area contributed by atoms with E-state index < -0.39 is 0 Å². The second-order valence-corrected chi connectivity index (χ2v) is 18.4. The number of furan rings is 2. The van der Waals surface area contributed by atoms with Crippen LogP contribution in [0.2, 0.25) is 0 Å². The van der Waals surface area contributed by atoms with Crippen LogP contribution in [0.5, 0.6) is 0 Å². The van der Waals surface area contributed by atoms with Gasteiger partial charge >= 0.3 is 0 Å². The van der Waals surface area contributed by atoms with Gasteiger partial charge in [0.05, 0.1) is 11.4 Å². The Hall–Kier alpha value is -10.1. The van der Waals surface area contributed by atoms with Gasteiger partial charge in [-0.15, -0.1) is 0 Å². The fourth-order valence-electron chi connectivity index (χ4n) is 10.0. The van der Waals surface area contributed by atoms with Gasteiger partial charge in [0.15, 0.2) is 23.3 Å². The lowest BCUT2D eigenvalue weighted by Gasteiger charge is -2.12. The van der Waals surface area contributed by atoms with E-state index in [-0.39, 0.29) is 0 Å². The summed E-state index contributed by atoms with van der Waals surface area (Å²) in [5, 5.41) is 4.33. The lowest BCUT2D eigenvalue weighted by molar-refractivity contribution is 0.669. The molecule has 4 aromatic heterocycles. The average Bonchev–Trinajstić information content (AvgIpc) is 4.06. The van der Waals surface area contributed by atoms with Crippen molar-refractivity contribution in [1.82, 2.24) is 24.9 Å². The summed E-state index contributed by atoms with van der Waals surface area (Å²) in [6.45, 7) is 0. The lowest BCUT2D eigenvalue weighted by atomic mass is 9.98. The molecule has 346 valence electrons. The summed E-state index contributed by atoms with van der Waals surface area (Å²) in [7, 11) is 0. The van der Waals surface area contributed by atoms with Crippen LogP contribution >= 0.6 is 0 Å². The Balaban J connectivity index is 0.840. The zero-order valence-electron chi connectivity index (χ0n) is 39.7. The number of fused-ring (bicyclic) bond motifs is 6. The largest absolute Gasteiger partial charge is 0.456 e. The molecular formula is C67H41N5O2. The van der Waals surface area contributed by atoms with E-state index in [0.29, 0.717) is 23.3 Å². The quantitative estimate of drug-likeness (QED) is 0.142. The van der Waals surface area contributed by atoms with Gasteiger partial charge in [0.2, 0.25) is 0 Å². The maximum Gasteiger partial charge on any atom is 0.164 e. The Kier molecular flexibility index (Phi) is 10.4. The van der Waals surface area contributed by atoms with Gasteiger partial charge in [0.25, 0.3) is 0 Å². The van der Waals surface area contributed by atoms with Crippen molar-refractivity contribution in [2.75, 3.05) is 0 Å². The van der Waals surface area contributed by atoms with Gasteiger partial charge in [0.1, 0.15) is 22.3 Å². The molecule has 7 nitrogen and oxygen atoms in total. The second kappa shape index (κ2) is 17.9. The van der Waals surface area contributed by atoms with Crippen molar-refractivity contribution in [3.8, 4) is 101 Å². The van der Waals surface area contributed by atoms with E-state index in [1.165, 1.54) is 0 Å². The van der Waals surface area contributed by atoms with Crippen molar-refractivity contribution < 1.29 is 8.83 Å². The number of aromatic nitrogens is 5. The van der Waals surface area contributed by atoms with Crippen LogP contribution in [0.25, 0.3) is 145 Å². The van der Waals surface area contributed by atoms with Crippen LogP contribution in [-0.2, 0) is 0 Å². The molecule has 0 atom stereocenters. The molecule has 0 aliphatic rings. The van der Waals surface area contributed by atoms with Gasteiger partial charge in [-0.3, -0.25) is 0 Å². The maximum absolute atomic E-state index is 6.40. The molecule has 0 radical (unpaired) electrons. The Morgan fingerprint density at radius 1 is 0.216 bits per heavy atom. The summed E-state index contributed by atoms with van der Waals surface area (Å²) < 4.78 is 12.7. The van der Waals surface area contributed by atoms with E-state index in [1.54, 1.807) is 0 Å². The molecule has 0 unspecified atom stereocenters. The maximum atomic E-state index is 6.40. The molecule has 0 spiro atoms. The van der Waals surface area contributed by atoms with Crippen LogP contribution in [0.4, 0.5) is 0 Å². The standard InChI is InChI=1S/C67H41N5O2/c1-3-15-42(16-4-1)46-19-12-23-50(38-46)65-70-66(72-67(71-65)52-35-36-56-54-25-7-9-29-60(54)73-62(56)40-52)51-24-13-21-48(39-51)47-20-11-22-49(37-47)59-41-58(68-64(69-59)45-17-5-2-6-18-45)44-33-31-43(32-34-44)53-27-14-28-57-55-26-8-10-30-61(55)74-63(53)57/h1-41H. The number of hydrogen-bond donors (Lipinski definition) is 0. The molecule has 0 bridgehead atoms. The minimum atomic E-state index is 0.553. The number of benzene rings is 10. The van der Waals surface area contributed by atoms with Crippen LogP contribution in [0.1, 0.15) is 0 Å². The predicted molar refractivity (Wildman–Crippen MR) is 299 cm³/mol. The monoisotopic (exact) mass is 947 g/mol. The van der Waals surface area contributed by atoms with E-state index in [9.17, 15) is 0 Å². The van der Waals surface area contributed by atoms with Crippen molar-refractivity contribution >= 4 is 43.9 Å². The van der Waals surface area contributed by atoms with E-state index in [4.69, 9.17) is 33.8 Å². The van der Waals surface area contributed by atoms with Crippen molar-refractivity contribution in [2.24, 2.45) is 0 Å². The molecule has 10 aromatic carbocycles. The smallest absolute Gasteiger partial charge is 0.164 e. The Labute approximate surface area is 425 Å². The van der Waals surface area contributed by atoms with Crippen LogP contribution in [0.3, 0.4) is 0 Å². The van der Waals surface area contributed by atoms with Crippen LogP contribution in [0.15, 0.2) is 258 Å². The summed E-state index contributed by atoms with van der Waals surface area (Å²) in [6.07, 6.45) is 0. The fraction of sp³-hybridized carbons (Fsp3) is 0. The highest BCUT2D eigenvalue weighted by molar-refractivity contribution is 6.09. The first-order chi connectivity index (χ1) is 36.6. The molecule has 0 N–H and O–H groups in total. The first-order valence-electron chi connectivity index (χ1n) is 24.6.